The van der Waals surface area contributed by atoms with Crippen LogP contribution >= 0.6 is 0 Å². The summed E-state index contributed by atoms with van der Waals surface area (Å²) in [6.07, 6.45) is 0. The molecule has 19 heavy (non-hydrogen) atoms. The standard InChI is InChI=1S/C18H20O/c1-13-7-5-8-14(11-13)15-9-6-10-16(12-15)17(19)18(2,3)4/h5-12H,1-4H3. The van der Waals surface area contributed by atoms with Crippen LogP contribution in [0.25, 0.3) is 11.1 Å². The zero-order valence-electron chi connectivity index (χ0n) is 12.0. The van der Waals surface area contributed by atoms with Gasteiger partial charge in [-0.25, -0.2) is 0 Å². The van der Waals surface area contributed by atoms with Crippen molar-refractivity contribution >= 4 is 5.78 Å². The van der Waals surface area contributed by atoms with E-state index in [2.05, 4.69) is 25.1 Å². The normalized spacial score (nSPS) is 11.4. The van der Waals surface area contributed by atoms with Gasteiger partial charge in [-0.1, -0.05) is 68.8 Å². The summed E-state index contributed by atoms with van der Waals surface area (Å²) in [7, 11) is 0. The molecular weight excluding hydrogens is 232 g/mol. The number of aryl methyl sites for hydroxylation is 1. The molecule has 2 aromatic carbocycles. The number of hydrogen-bond acceptors (Lipinski definition) is 1. The predicted molar refractivity (Wildman–Crippen MR) is 80.4 cm³/mol. The largest absolute Gasteiger partial charge is 0.294 e. The van der Waals surface area contributed by atoms with Crippen LogP contribution in [0.5, 0.6) is 0 Å². The van der Waals surface area contributed by atoms with E-state index in [9.17, 15) is 4.79 Å². The fourth-order valence-electron chi connectivity index (χ4n) is 2.10. The van der Waals surface area contributed by atoms with E-state index in [1.165, 1.54) is 5.56 Å². The molecule has 0 fully saturated rings. The van der Waals surface area contributed by atoms with E-state index in [1.54, 1.807) is 0 Å². The van der Waals surface area contributed by atoms with Gasteiger partial charge in [-0.05, 0) is 24.1 Å². The minimum absolute atomic E-state index is 0.182. The first kappa shape index (κ1) is 13.5. The van der Waals surface area contributed by atoms with Gasteiger partial charge in [0.1, 0.15) is 0 Å². The summed E-state index contributed by atoms with van der Waals surface area (Å²) in [5, 5.41) is 0. The number of carbonyl (C=O) groups is 1. The second-order valence-corrected chi connectivity index (χ2v) is 6.03. The second-order valence-electron chi connectivity index (χ2n) is 6.03. The van der Waals surface area contributed by atoms with E-state index in [0.717, 1.165) is 16.7 Å². The summed E-state index contributed by atoms with van der Waals surface area (Å²) in [6, 6.07) is 16.2. The maximum Gasteiger partial charge on any atom is 0.168 e. The molecule has 0 spiro atoms. The lowest BCUT2D eigenvalue weighted by Crippen LogP contribution is -2.20. The minimum Gasteiger partial charge on any atom is -0.294 e. The first-order valence-corrected chi connectivity index (χ1v) is 6.60. The van der Waals surface area contributed by atoms with Gasteiger partial charge in [-0.2, -0.15) is 0 Å². The Kier molecular flexibility index (Phi) is 3.57. The Morgan fingerprint density at radius 1 is 0.895 bits per heavy atom. The van der Waals surface area contributed by atoms with E-state index in [-0.39, 0.29) is 11.2 Å². The van der Waals surface area contributed by atoms with Gasteiger partial charge in [0.25, 0.3) is 0 Å². The number of rotatable bonds is 2. The molecule has 98 valence electrons. The molecule has 0 heterocycles. The maximum absolute atomic E-state index is 12.3. The number of ketones is 1. The molecule has 0 saturated heterocycles. The van der Waals surface area contributed by atoms with Crippen molar-refractivity contribution < 1.29 is 4.79 Å². The van der Waals surface area contributed by atoms with Gasteiger partial charge in [0, 0.05) is 11.0 Å². The van der Waals surface area contributed by atoms with Gasteiger partial charge >= 0.3 is 0 Å². The summed E-state index contributed by atoms with van der Waals surface area (Å²) in [4.78, 5) is 12.3. The Morgan fingerprint density at radius 2 is 1.47 bits per heavy atom. The molecule has 0 radical (unpaired) electrons. The highest BCUT2D eigenvalue weighted by atomic mass is 16.1. The van der Waals surface area contributed by atoms with Gasteiger partial charge in [0.05, 0.1) is 0 Å². The van der Waals surface area contributed by atoms with Crippen molar-refractivity contribution in [1.82, 2.24) is 0 Å². The van der Waals surface area contributed by atoms with E-state index in [4.69, 9.17) is 0 Å². The lowest BCUT2D eigenvalue weighted by atomic mass is 9.85. The first-order valence-electron chi connectivity index (χ1n) is 6.60. The number of benzene rings is 2. The van der Waals surface area contributed by atoms with Crippen molar-refractivity contribution in [3.8, 4) is 11.1 Å². The van der Waals surface area contributed by atoms with E-state index in [1.807, 2.05) is 51.1 Å². The van der Waals surface area contributed by atoms with Crippen molar-refractivity contribution in [2.75, 3.05) is 0 Å². The fraction of sp³-hybridized carbons (Fsp3) is 0.278. The average Bonchev–Trinajstić information content (AvgIpc) is 2.37. The van der Waals surface area contributed by atoms with Crippen LogP contribution in [0.15, 0.2) is 48.5 Å². The zero-order chi connectivity index (χ0) is 14.0. The van der Waals surface area contributed by atoms with Crippen LogP contribution in [0, 0.1) is 12.3 Å². The van der Waals surface area contributed by atoms with Gasteiger partial charge in [-0.3, -0.25) is 4.79 Å². The molecule has 0 aromatic heterocycles. The molecule has 0 unspecified atom stereocenters. The third-order valence-electron chi connectivity index (χ3n) is 3.16. The van der Waals surface area contributed by atoms with Crippen molar-refractivity contribution in [2.24, 2.45) is 5.41 Å². The smallest absolute Gasteiger partial charge is 0.168 e. The molecule has 2 rings (SSSR count). The third kappa shape index (κ3) is 3.11. The van der Waals surface area contributed by atoms with Crippen LogP contribution in [-0.2, 0) is 0 Å². The number of Topliss-reactive ketones (excluding diaryl/α,β-unsaturated/α-hetero) is 1. The Balaban J connectivity index is 2.43. The monoisotopic (exact) mass is 252 g/mol. The second kappa shape index (κ2) is 5.00. The van der Waals surface area contributed by atoms with Crippen molar-refractivity contribution in [3.63, 3.8) is 0 Å². The molecule has 0 bridgehead atoms. The lowest BCUT2D eigenvalue weighted by molar-refractivity contribution is 0.0858. The quantitative estimate of drug-likeness (QED) is 0.695. The fourth-order valence-corrected chi connectivity index (χ4v) is 2.10. The first-order chi connectivity index (χ1) is 8.88. The molecule has 0 aliphatic rings. The Hall–Kier alpha value is -1.89. The molecular formula is C18H20O. The maximum atomic E-state index is 12.3. The summed E-state index contributed by atoms with van der Waals surface area (Å²) in [5.41, 5.74) is 3.92. The Morgan fingerprint density at radius 3 is 2.05 bits per heavy atom. The molecule has 0 aliphatic heterocycles. The lowest BCUT2D eigenvalue weighted by Gasteiger charge is -2.17. The molecule has 0 atom stereocenters. The van der Waals surface area contributed by atoms with Crippen LogP contribution in [0.2, 0.25) is 0 Å². The van der Waals surface area contributed by atoms with Gasteiger partial charge in [0.2, 0.25) is 0 Å². The molecule has 0 aliphatic carbocycles. The Bertz CT molecular complexity index is 603. The predicted octanol–water partition coefficient (Wildman–Crippen LogP) is 4.89. The highest BCUT2D eigenvalue weighted by Gasteiger charge is 2.22. The van der Waals surface area contributed by atoms with Crippen LogP contribution < -0.4 is 0 Å². The molecule has 1 nitrogen and oxygen atoms in total. The van der Waals surface area contributed by atoms with Crippen LogP contribution in [0.3, 0.4) is 0 Å². The Labute approximate surface area is 115 Å². The van der Waals surface area contributed by atoms with Gasteiger partial charge in [0.15, 0.2) is 5.78 Å². The number of hydrogen-bond donors (Lipinski definition) is 0. The molecule has 2 aromatic rings. The van der Waals surface area contributed by atoms with E-state index >= 15 is 0 Å². The molecule has 0 saturated carbocycles. The van der Waals surface area contributed by atoms with Crippen LogP contribution in [0.4, 0.5) is 0 Å². The average molecular weight is 252 g/mol. The molecule has 1 heteroatoms. The molecule has 0 N–H and O–H groups in total. The highest BCUT2D eigenvalue weighted by Crippen LogP contribution is 2.25. The summed E-state index contributed by atoms with van der Waals surface area (Å²) >= 11 is 0. The summed E-state index contributed by atoms with van der Waals surface area (Å²) in [5.74, 6) is 0.182. The highest BCUT2D eigenvalue weighted by molar-refractivity contribution is 6.00. The summed E-state index contributed by atoms with van der Waals surface area (Å²) in [6.45, 7) is 7.94. The van der Waals surface area contributed by atoms with Gasteiger partial charge < -0.3 is 0 Å². The topological polar surface area (TPSA) is 17.1 Å². The van der Waals surface area contributed by atoms with Crippen LogP contribution in [-0.4, -0.2) is 5.78 Å². The van der Waals surface area contributed by atoms with Crippen LogP contribution in [0.1, 0.15) is 36.7 Å². The minimum atomic E-state index is -0.342. The van der Waals surface area contributed by atoms with Crippen molar-refractivity contribution in [3.05, 3.63) is 59.7 Å². The van der Waals surface area contributed by atoms with Crippen molar-refractivity contribution in [2.45, 2.75) is 27.7 Å². The molecule has 0 amide bonds. The number of carbonyl (C=O) groups excluding carboxylic acids is 1. The van der Waals surface area contributed by atoms with E-state index < -0.39 is 0 Å². The zero-order valence-corrected chi connectivity index (χ0v) is 12.0. The van der Waals surface area contributed by atoms with Gasteiger partial charge in [-0.15, -0.1) is 0 Å². The van der Waals surface area contributed by atoms with Crippen molar-refractivity contribution in [1.29, 1.82) is 0 Å². The summed E-state index contributed by atoms with van der Waals surface area (Å²) < 4.78 is 0. The van der Waals surface area contributed by atoms with E-state index in [0.29, 0.717) is 0 Å². The third-order valence-corrected chi connectivity index (χ3v) is 3.16. The SMILES string of the molecule is Cc1cccc(-c2cccc(C(=O)C(C)(C)C)c2)c1.